The summed E-state index contributed by atoms with van der Waals surface area (Å²) in [5.41, 5.74) is 0. The minimum atomic E-state index is -0.945. The van der Waals surface area contributed by atoms with Crippen molar-refractivity contribution in [1.29, 1.82) is 0 Å². The van der Waals surface area contributed by atoms with E-state index in [4.69, 9.17) is 9.63 Å². The Morgan fingerprint density at radius 2 is 2.45 bits per heavy atom. The molecule has 1 aliphatic rings. The van der Waals surface area contributed by atoms with Gasteiger partial charge in [-0.2, -0.15) is 4.98 Å². The standard InChI is InChI=1S/C12H13N3O4S/c16-7-4-8(12(17)18)15(5-7)6-10-13-11(14-19-10)9-2-1-3-20-9/h1-3,7-8,16H,4-6H2,(H,17,18). The molecule has 7 nitrogen and oxygen atoms in total. The zero-order chi connectivity index (χ0) is 14.1. The highest BCUT2D eigenvalue weighted by molar-refractivity contribution is 7.13. The topological polar surface area (TPSA) is 99.7 Å². The van der Waals surface area contributed by atoms with Crippen LogP contribution in [-0.2, 0) is 11.3 Å². The molecule has 1 fully saturated rings. The first-order valence-electron chi connectivity index (χ1n) is 6.15. The molecule has 3 rings (SSSR count). The summed E-state index contributed by atoms with van der Waals surface area (Å²) in [5.74, 6) is -0.0880. The molecular weight excluding hydrogens is 282 g/mol. The highest BCUT2D eigenvalue weighted by Crippen LogP contribution is 2.24. The van der Waals surface area contributed by atoms with Gasteiger partial charge in [-0.3, -0.25) is 9.69 Å². The third kappa shape index (κ3) is 2.58. The molecule has 0 amide bonds. The normalized spacial score (nSPS) is 23.2. The fourth-order valence-electron chi connectivity index (χ4n) is 2.31. The number of β-amino-alcohol motifs (C(OH)–C–C–N with tert-alkyl or cyclic N) is 1. The van der Waals surface area contributed by atoms with Crippen LogP contribution in [0.3, 0.4) is 0 Å². The number of nitrogens with zero attached hydrogens (tertiary/aromatic N) is 3. The van der Waals surface area contributed by atoms with Crippen LogP contribution in [0.2, 0.25) is 0 Å². The van der Waals surface area contributed by atoms with E-state index in [2.05, 4.69) is 10.1 Å². The third-order valence-electron chi connectivity index (χ3n) is 3.21. The van der Waals surface area contributed by atoms with Crippen LogP contribution in [0.15, 0.2) is 22.0 Å². The summed E-state index contributed by atoms with van der Waals surface area (Å²) >= 11 is 1.51. The molecule has 0 spiro atoms. The first-order chi connectivity index (χ1) is 9.63. The fourth-order valence-corrected chi connectivity index (χ4v) is 2.96. The molecular formula is C12H13N3O4S. The minimum absolute atomic E-state index is 0.223. The third-order valence-corrected chi connectivity index (χ3v) is 4.08. The lowest BCUT2D eigenvalue weighted by Crippen LogP contribution is -2.35. The van der Waals surface area contributed by atoms with Gasteiger partial charge in [0.1, 0.15) is 6.04 Å². The monoisotopic (exact) mass is 295 g/mol. The van der Waals surface area contributed by atoms with Crippen molar-refractivity contribution in [3.8, 4) is 10.7 Å². The van der Waals surface area contributed by atoms with Crippen LogP contribution in [0.4, 0.5) is 0 Å². The van der Waals surface area contributed by atoms with E-state index in [0.29, 0.717) is 18.3 Å². The number of thiophene rings is 1. The Balaban J connectivity index is 1.73. The van der Waals surface area contributed by atoms with E-state index in [0.717, 1.165) is 4.88 Å². The second kappa shape index (κ2) is 5.31. The maximum atomic E-state index is 11.1. The molecule has 0 saturated carbocycles. The van der Waals surface area contributed by atoms with Gasteiger partial charge >= 0.3 is 5.97 Å². The minimum Gasteiger partial charge on any atom is -0.480 e. The molecule has 20 heavy (non-hydrogen) atoms. The zero-order valence-electron chi connectivity index (χ0n) is 10.5. The highest BCUT2D eigenvalue weighted by Gasteiger charge is 2.36. The average molecular weight is 295 g/mol. The van der Waals surface area contributed by atoms with E-state index in [1.165, 1.54) is 11.3 Å². The van der Waals surface area contributed by atoms with Crippen LogP contribution < -0.4 is 0 Å². The Bertz CT molecular complexity index is 598. The maximum Gasteiger partial charge on any atom is 0.321 e. The Labute approximate surface area is 118 Å². The van der Waals surface area contributed by atoms with Gasteiger partial charge in [-0.15, -0.1) is 11.3 Å². The van der Waals surface area contributed by atoms with E-state index in [-0.39, 0.29) is 13.0 Å². The predicted molar refractivity (Wildman–Crippen MR) is 70.1 cm³/mol. The molecule has 2 atom stereocenters. The number of aliphatic carboxylic acids is 1. The molecule has 2 N–H and O–H groups in total. The van der Waals surface area contributed by atoms with Gasteiger partial charge in [0.15, 0.2) is 0 Å². The zero-order valence-corrected chi connectivity index (χ0v) is 11.3. The molecule has 8 heteroatoms. The van der Waals surface area contributed by atoms with Gasteiger partial charge in [-0.25, -0.2) is 0 Å². The van der Waals surface area contributed by atoms with Gasteiger partial charge in [0.2, 0.25) is 11.7 Å². The second-order valence-corrected chi connectivity index (χ2v) is 5.61. The summed E-state index contributed by atoms with van der Waals surface area (Å²) < 4.78 is 5.14. The smallest absolute Gasteiger partial charge is 0.321 e. The van der Waals surface area contributed by atoms with Crippen LogP contribution in [-0.4, -0.2) is 49.9 Å². The summed E-state index contributed by atoms with van der Waals surface area (Å²) in [6, 6.07) is 3.08. The van der Waals surface area contributed by atoms with Crippen molar-refractivity contribution in [2.75, 3.05) is 6.54 Å². The van der Waals surface area contributed by atoms with Crippen molar-refractivity contribution in [2.24, 2.45) is 0 Å². The Hall–Kier alpha value is -1.77. The molecule has 2 unspecified atom stereocenters. The molecule has 0 aliphatic carbocycles. The van der Waals surface area contributed by atoms with E-state index in [1.807, 2.05) is 17.5 Å². The molecule has 2 aromatic rings. The van der Waals surface area contributed by atoms with Crippen LogP contribution in [0.5, 0.6) is 0 Å². The van der Waals surface area contributed by atoms with Crippen molar-refractivity contribution in [2.45, 2.75) is 25.1 Å². The average Bonchev–Trinajstić information content (AvgIpc) is 3.09. The summed E-state index contributed by atoms with van der Waals surface area (Å²) in [7, 11) is 0. The molecule has 0 bridgehead atoms. The number of carbonyl (C=O) groups is 1. The van der Waals surface area contributed by atoms with E-state index < -0.39 is 18.1 Å². The molecule has 3 heterocycles. The number of likely N-dealkylation sites (tertiary alicyclic amines) is 1. The van der Waals surface area contributed by atoms with Gasteiger partial charge in [-0.05, 0) is 11.4 Å². The number of aliphatic hydroxyl groups is 1. The van der Waals surface area contributed by atoms with Crippen LogP contribution in [0.1, 0.15) is 12.3 Å². The van der Waals surface area contributed by atoms with Crippen molar-refractivity contribution in [3.63, 3.8) is 0 Å². The van der Waals surface area contributed by atoms with Gasteiger partial charge in [0.25, 0.3) is 0 Å². The number of carboxylic acid groups (broad SMARTS) is 1. The number of rotatable bonds is 4. The lowest BCUT2D eigenvalue weighted by atomic mass is 10.2. The largest absolute Gasteiger partial charge is 0.480 e. The first-order valence-corrected chi connectivity index (χ1v) is 7.03. The Kier molecular flexibility index (Phi) is 3.51. The predicted octanol–water partition coefficient (Wildman–Crippen LogP) is 0.818. The summed E-state index contributed by atoms with van der Waals surface area (Å²) in [4.78, 5) is 17.9. The molecule has 0 aromatic carbocycles. The quantitative estimate of drug-likeness (QED) is 0.861. The molecule has 106 valence electrons. The van der Waals surface area contributed by atoms with Gasteiger partial charge in [-0.1, -0.05) is 11.2 Å². The Morgan fingerprint density at radius 3 is 3.15 bits per heavy atom. The summed E-state index contributed by atoms with van der Waals surface area (Å²) in [5, 5.41) is 24.5. The highest BCUT2D eigenvalue weighted by atomic mass is 32.1. The number of aliphatic hydroxyl groups excluding tert-OH is 1. The molecule has 2 aromatic heterocycles. The lowest BCUT2D eigenvalue weighted by Gasteiger charge is -2.17. The molecule has 1 aliphatic heterocycles. The van der Waals surface area contributed by atoms with E-state index in [9.17, 15) is 9.90 Å². The fraction of sp³-hybridized carbons (Fsp3) is 0.417. The van der Waals surface area contributed by atoms with Gasteiger partial charge in [0.05, 0.1) is 17.5 Å². The first kappa shape index (κ1) is 13.2. The van der Waals surface area contributed by atoms with Gasteiger partial charge in [0, 0.05) is 13.0 Å². The van der Waals surface area contributed by atoms with E-state index in [1.54, 1.807) is 4.90 Å². The maximum absolute atomic E-state index is 11.1. The van der Waals surface area contributed by atoms with Crippen molar-refractivity contribution in [1.82, 2.24) is 15.0 Å². The number of aromatic nitrogens is 2. The number of carboxylic acids is 1. The lowest BCUT2D eigenvalue weighted by molar-refractivity contribution is -0.142. The number of hydrogen-bond donors (Lipinski definition) is 2. The van der Waals surface area contributed by atoms with Crippen molar-refractivity contribution in [3.05, 3.63) is 23.4 Å². The summed E-state index contributed by atoms with van der Waals surface area (Å²) in [6.07, 6.45) is -0.405. The molecule has 0 radical (unpaired) electrons. The van der Waals surface area contributed by atoms with Crippen LogP contribution in [0, 0.1) is 0 Å². The summed E-state index contributed by atoms with van der Waals surface area (Å²) in [6.45, 7) is 0.528. The number of hydrogen-bond acceptors (Lipinski definition) is 7. The van der Waals surface area contributed by atoms with E-state index >= 15 is 0 Å². The van der Waals surface area contributed by atoms with Gasteiger partial charge < -0.3 is 14.7 Å². The Morgan fingerprint density at radius 1 is 1.60 bits per heavy atom. The van der Waals surface area contributed by atoms with Crippen molar-refractivity contribution < 1.29 is 19.5 Å². The van der Waals surface area contributed by atoms with Crippen LogP contribution >= 0.6 is 11.3 Å². The van der Waals surface area contributed by atoms with Crippen molar-refractivity contribution >= 4 is 17.3 Å². The van der Waals surface area contributed by atoms with Crippen LogP contribution in [0.25, 0.3) is 10.7 Å². The molecule has 1 saturated heterocycles. The SMILES string of the molecule is O=C(O)C1CC(O)CN1Cc1nc(-c2cccs2)no1. The second-order valence-electron chi connectivity index (χ2n) is 4.66.